The lowest BCUT2D eigenvalue weighted by Crippen LogP contribution is -2.56. The van der Waals surface area contributed by atoms with E-state index < -0.39 is 41.6 Å². The van der Waals surface area contributed by atoms with E-state index in [-0.39, 0.29) is 19.0 Å². The maximum Gasteiger partial charge on any atom is 0.408 e. The van der Waals surface area contributed by atoms with Gasteiger partial charge in [0, 0.05) is 12.5 Å². The summed E-state index contributed by atoms with van der Waals surface area (Å²) in [7, 11) is 1.23. The highest BCUT2D eigenvalue weighted by Crippen LogP contribution is 2.29. The first-order valence-electron chi connectivity index (χ1n) is 13.1. The number of benzene rings is 2. The summed E-state index contributed by atoms with van der Waals surface area (Å²) in [5.41, 5.74) is 1.48. The Morgan fingerprint density at radius 2 is 1.59 bits per heavy atom. The maximum absolute atomic E-state index is 14.4. The lowest BCUT2D eigenvalue weighted by Gasteiger charge is -2.38. The third-order valence-corrected chi connectivity index (χ3v) is 6.24. The van der Waals surface area contributed by atoms with Gasteiger partial charge >= 0.3 is 12.1 Å². The van der Waals surface area contributed by atoms with Crippen molar-refractivity contribution >= 4 is 23.9 Å². The summed E-state index contributed by atoms with van der Waals surface area (Å²) in [6.07, 6.45) is 0.00224. The molecule has 3 unspecified atom stereocenters. The zero-order valence-corrected chi connectivity index (χ0v) is 23.9. The molecule has 0 spiro atoms. The Bertz CT molecular complexity index is 1130. The van der Waals surface area contributed by atoms with E-state index in [9.17, 15) is 19.2 Å². The first kappa shape index (κ1) is 31.3. The van der Waals surface area contributed by atoms with Gasteiger partial charge in [-0.2, -0.15) is 0 Å². The van der Waals surface area contributed by atoms with Crippen molar-refractivity contribution in [3.8, 4) is 0 Å². The number of amides is 3. The molecule has 0 heterocycles. The number of nitrogens with zero attached hydrogens (tertiary/aromatic N) is 1. The second kappa shape index (κ2) is 14.3. The molecule has 212 valence electrons. The Kier molecular flexibility index (Phi) is 11.5. The van der Waals surface area contributed by atoms with Crippen LogP contribution < -0.4 is 10.6 Å². The molecule has 0 bridgehead atoms. The van der Waals surface area contributed by atoms with Crippen molar-refractivity contribution in [1.29, 1.82) is 0 Å². The van der Waals surface area contributed by atoms with Crippen LogP contribution in [0.4, 0.5) is 4.79 Å². The number of nitrogens with one attached hydrogen (secondary N) is 2. The molecule has 9 nitrogen and oxygen atoms in total. The van der Waals surface area contributed by atoms with Gasteiger partial charge in [0.1, 0.15) is 24.2 Å². The predicted molar refractivity (Wildman–Crippen MR) is 149 cm³/mol. The van der Waals surface area contributed by atoms with E-state index in [0.29, 0.717) is 12.0 Å². The molecule has 39 heavy (non-hydrogen) atoms. The smallest absolute Gasteiger partial charge is 0.408 e. The van der Waals surface area contributed by atoms with Crippen molar-refractivity contribution in [1.82, 2.24) is 15.5 Å². The molecule has 0 aliphatic carbocycles. The normalized spacial score (nSPS) is 13.4. The number of rotatable bonds is 11. The number of ether oxygens (including phenoxy) is 2. The summed E-state index contributed by atoms with van der Waals surface area (Å²) in [6, 6.07) is 14.1. The lowest BCUT2D eigenvalue weighted by molar-refractivity contribution is -0.146. The SMILES string of the molecule is CCC(C)N(C(=O)C(Cc1ccccc1)NC(=O)OC(C)(C)C)C(C(=O)NCC(=O)OC)c1ccccc1C. The van der Waals surface area contributed by atoms with E-state index in [1.807, 2.05) is 63.2 Å². The van der Waals surface area contributed by atoms with Gasteiger partial charge < -0.3 is 25.0 Å². The molecule has 0 saturated heterocycles. The van der Waals surface area contributed by atoms with Crippen LogP contribution in [0.25, 0.3) is 0 Å². The summed E-state index contributed by atoms with van der Waals surface area (Å²) < 4.78 is 10.1. The van der Waals surface area contributed by atoms with E-state index in [0.717, 1.165) is 11.1 Å². The highest BCUT2D eigenvalue weighted by atomic mass is 16.6. The van der Waals surface area contributed by atoms with E-state index in [4.69, 9.17) is 4.74 Å². The number of aryl methyl sites for hydroxylation is 1. The molecule has 0 fully saturated rings. The van der Waals surface area contributed by atoms with E-state index >= 15 is 0 Å². The van der Waals surface area contributed by atoms with Crippen molar-refractivity contribution in [2.45, 2.75) is 78.1 Å². The molecule has 0 saturated carbocycles. The van der Waals surface area contributed by atoms with Crippen molar-refractivity contribution in [3.63, 3.8) is 0 Å². The molecule has 2 aromatic carbocycles. The Morgan fingerprint density at radius 3 is 2.15 bits per heavy atom. The molecule has 2 N–H and O–H groups in total. The fraction of sp³-hybridized carbons (Fsp3) is 0.467. The summed E-state index contributed by atoms with van der Waals surface area (Å²) in [6.45, 7) is 10.5. The van der Waals surface area contributed by atoms with Gasteiger partial charge in [0.2, 0.25) is 11.8 Å². The Morgan fingerprint density at radius 1 is 0.974 bits per heavy atom. The fourth-order valence-corrected chi connectivity index (χ4v) is 4.11. The van der Waals surface area contributed by atoms with Crippen LogP contribution in [0.2, 0.25) is 0 Å². The summed E-state index contributed by atoms with van der Waals surface area (Å²) in [5, 5.41) is 5.36. The third kappa shape index (κ3) is 9.42. The van der Waals surface area contributed by atoms with Gasteiger partial charge in [-0.25, -0.2) is 4.79 Å². The zero-order valence-electron chi connectivity index (χ0n) is 23.9. The van der Waals surface area contributed by atoms with Gasteiger partial charge in [0.15, 0.2) is 0 Å². The number of hydrogen-bond donors (Lipinski definition) is 2. The van der Waals surface area contributed by atoms with Crippen molar-refractivity contribution in [2.24, 2.45) is 0 Å². The van der Waals surface area contributed by atoms with Crippen LogP contribution in [-0.4, -0.2) is 60.1 Å². The number of methoxy groups -OCH3 is 1. The van der Waals surface area contributed by atoms with E-state index in [1.54, 1.807) is 32.9 Å². The first-order chi connectivity index (χ1) is 18.4. The fourth-order valence-electron chi connectivity index (χ4n) is 4.11. The molecule has 3 amide bonds. The Labute approximate surface area is 231 Å². The van der Waals surface area contributed by atoms with Crippen LogP contribution in [0.15, 0.2) is 54.6 Å². The molecular formula is C30H41N3O6. The van der Waals surface area contributed by atoms with E-state index in [2.05, 4.69) is 15.4 Å². The molecule has 0 aliphatic heterocycles. The van der Waals surface area contributed by atoms with Crippen LogP contribution in [0.5, 0.6) is 0 Å². The lowest BCUT2D eigenvalue weighted by atomic mass is 9.95. The van der Waals surface area contributed by atoms with Gasteiger partial charge in [-0.1, -0.05) is 61.5 Å². The predicted octanol–water partition coefficient (Wildman–Crippen LogP) is 4.09. The molecule has 0 aromatic heterocycles. The Hall–Kier alpha value is -3.88. The monoisotopic (exact) mass is 539 g/mol. The van der Waals surface area contributed by atoms with Crippen molar-refractivity contribution < 1.29 is 28.7 Å². The third-order valence-electron chi connectivity index (χ3n) is 6.24. The quantitative estimate of drug-likeness (QED) is 0.416. The van der Waals surface area contributed by atoms with Gasteiger partial charge in [-0.15, -0.1) is 0 Å². The largest absolute Gasteiger partial charge is 0.468 e. The molecule has 2 aromatic rings. The van der Waals surface area contributed by atoms with Crippen LogP contribution in [0.1, 0.15) is 63.8 Å². The minimum atomic E-state index is -1.06. The highest BCUT2D eigenvalue weighted by molar-refractivity contribution is 5.93. The van der Waals surface area contributed by atoms with E-state index in [1.165, 1.54) is 12.0 Å². The van der Waals surface area contributed by atoms with Crippen LogP contribution in [0, 0.1) is 6.92 Å². The molecule has 2 rings (SSSR count). The summed E-state index contributed by atoms with van der Waals surface area (Å²) >= 11 is 0. The van der Waals surface area contributed by atoms with Crippen LogP contribution >= 0.6 is 0 Å². The van der Waals surface area contributed by atoms with Gasteiger partial charge in [0.25, 0.3) is 0 Å². The minimum absolute atomic E-state index is 0.191. The molecule has 0 radical (unpaired) electrons. The molecule has 9 heteroatoms. The van der Waals surface area contributed by atoms with Gasteiger partial charge in [-0.3, -0.25) is 14.4 Å². The second-order valence-corrected chi connectivity index (χ2v) is 10.4. The number of esters is 1. The standard InChI is InChI=1S/C30H41N3O6/c1-8-21(3)33(26(23-17-13-12-14-20(23)2)27(35)31-19-25(34)38-7)28(36)24(18-22-15-10-9-11-16-22)32-29(37)39-30(4,5)6/h9-17,21,24,26H,8,18-19H2,1-7H3,(H,31,35)(H,32,37). The minimum Gasteiger partial charge on any atom is -0.468 e. The Balaban J connectivity index is 2.58. The molecular weight excluding hydrogens is 498 g/mol. The number of carbonyl (C=O) groups excluding carboxylic acids is 4. The van der Waals surface area contributed by atoms with Crippen molar-refractivity contribution in [3.05, 3.63) is 71.3 Å². The average molecular weight is 540 g/mol. The summed E-state index contributed by atoms with van der Waals surface area (Å²) in [5.74, 6) is -1.58. The summed E-state index contributed by atoms with van der Waals surface area (Å²) in [4.78, 5) is 54.1. The topological polar surface area (TPSA) is 114 Å². The maximum atomic E-state index is 14.4. The second-order valence-electron chi connectivity index (χ2n) is 10.4. The molecule has 0 aliphatic rings. The number of carbonyl (C=O) groups is 4. The van der Waals surface area contributed by atoms with Crippen LogP contribution in [-0.2, 0) is 30.3 Å². The van der Waals surface area contributed by atoms with Crippen molar-refractivity contribution in [2.75, 3.05) is 13.7 Å². The average Bonchev–Trinajstić information content (AvgIpc) is 2.89. The molecule has 3 atom stereocenters. The van der Waals surface area contributed by atoms with Gasteiger partial charge in [-0.05, 0) is 57.7 Å². The number of alkyl carbamates (subject to hydrolysis) is 1. The zero-order chi connectivity index (χ0) is 29.2. The first-order valence-corrected chi connectivity index (χ1v) is 13.1. The van der Waals surface area contributed by atoms with Gasteiger partial charge in [0.05, 0.1) is 7.11 Å². The number of hydrogen-bond acceptors (Lipinski definition) is 6. The van der Waals surface area contributed by atoms with Crippen LogP contribution in [0.3, 0.4) is 0 Å². The highest BCUT2D eigenvalue weighted by Gasteiger charge is 2.39.